The van der Waals surface area contributed by atoms with Crippen LogP contribution in [0.15, 0.2) is 89.0 Å². The van der Waals surface area contributed by atoms with Crippen LogP contribution in [0, 0.1) is 0 Å². The first kappa shape index (κ1) is 14.8. The fraction of sp³-hybridized carbons (Fsp3) is 0.250. The van der Waals surface area contributed by atoms with Gasteiger partial charge in [0.25, 0.3) is 0 Å². The first-order valence-electron chi connectivity index (χ1n) is 9.94. The second-order valence-electron chi connectivity index (χ2n) is 7.95. The van der Waals surface area contributed by atoms with Gasteiger partial charge in [-0.1, -0.05) is 72.9 Å². The molecule has 0 amide bonds. The summed E-state index contributed by atoms with van der Waals surface area (Å²) >= 11 is 0. The quantitative estimate of drug-likeness (QED) is 0.672. The van der Waals surface area contributed by atoms with E-state index in [2.05, 4.69) is 78.2 Å². The summed E-state index contributed by atoms with van der Waals surface area (Å²) in [5.74, 6) is 0. The van der Waals surface area contributed by atoms with Crippen LogP contribution in [-0.2, 0) is 0 Å². The Morgan fingerprint density at radius 1 is 0.808 bits per heavy atom. The zero-order valence-corrected chi connectivity index (χ0v) is 15.9. The summed E-state index contributed by atoms with van der Waals surface area (Å²) in [7, 11) is -2.04. The Morgan fingerprint density at radius 3 is 2.54 bits per heavy atom. The first-order chi connectivity index (χ1) is 12.9. The van der Waals surface area contributed by atoms with E-state index in [0.29, 0.717) is 11.6 Å². The molecule has 0 saturated carbocycles. The molecule has 26 heavy (non-hydrogen) atoms. The van der Waals surface area contributed by atoms with Crippen LogP contribution in [-0.4, -0.2) is 14.1 Å². The van der Waals surface area contributed by atoms with Crippen molar-refractivity contribution in [3.05, 3.63) is 94.5 Å². The molecule has 5 aliphatic rings. The van der Waals surface area contributed by atoms with Crippen molar-refractivity contribution in [1.82, 2.24) is 5.32 Å². The van der Waals surface area contributed by atoms with Gasteiger partial charge in [-0.3, -0.25) is 0 Å². The largest absolute Gasteiger partial charge is 0.379 e. The molecule has 1 nitrogen and oxygen atoms in total. The SMILES string of the molecule is C1=CC2NC3=CCCC=C3[Si]3(C4=CCCC=C4c4ccccc43)C2C=C1. The number of hydrogen-bond donors (Lipinski definition) is 1. The zero-order chi connectivity index (χ0) is 17.1. The Morgan fingerprint density at radius 2 is 1.58 bits per heavy atom. The number of nitrogens with one attached hydrogen (secondary N) is 1. The minimum Gasteiger partial charge on any atom is -0.379 e. The average molecular weight is 354 g/mol. The molecule has 0 bridgehead atoms. The molecule has 1 N–H and O–H groups in total. The smallest absolute Gasteiger partial charge is 0.160 e. The number of hydrogen-bond acceptors (Lipinski definition) is 1. The van der Waals surface area contributed by atoms with Crippen LogP contribution in [0.1, 0.15) is 31.2 Å². The molecule has 128 valence electrons. The maximum absolute atomic E-state index is 3.88. The Kier molecular flexibility index (Phi) is 3.04. The standard InChI is InChI=1S/C24H23NSi/c1-5-13-21-17(9-1)18-10-2-6-14-22(18)26(21)23-15-7-3-11-19(23)25-20-12-4-8-16-24(20)26/h1,3,5,7,9-16,19,23,25H,2,4,6,8H2. The summed E-state index contributed by atoms with van der Waals surface area (Å²) < 4.78 is 0. The van der Waals surface area contributed by atoms with Gasteiger partial charge < -0.3 is 5.32 Å². The fourth-order valence-corrected chi connectivity index (χ4v) is 12.1. The highest BCUT2D eigenvalue weighted by Crippen LogP contribution is 2.54. The third kappa shape index (κ3) is 1.71. The molecule has 2 heteroatoms. The molecule has 0 aromatic heterocycles. The Balaban J connectivity index is 1.72. The van der Waals surface area contributed by atoms with Gasteiger partial charge in [0.05, 0.1) is 0 Å². The van der Waals surface area contributed by atoms with Crippen LogP contribution in [0.5, 0.6) is 0 Å². The highest BCUT2D eigenvalue weighted by molar-refractivity contribution is 7.09. The second kappa shape index (κ2) is 5.34. The van der Waals surface area contributed by atoms with E-state index in [1.165, 1.54) is 30.5 Å². The van der Waals surface area contributed by atoms with Gasteiger partial charge in [-0.25, -0.2) is 0 Å². The fourth-order valence-electron chi connectivity index (χ4n) is 5.86. The third-order valence-electron chi connectivity index (χ3n) is 6.76. The predicted molar refractivity (Wildman–Crippen MR) is 111 cm³/mol. The summed E-state index contributed by atoms with van der Waals surface area (Å²) in [6.07, 6.45) is 24.3. The molecule has 1 fully saturated rings. The Labute approximate surface area is 156 Å². The summed E-state index contributed by atoms with van der Waals surface area (Å²) in [6, 6.07) is 9.72. The van der Waals surface area contributed by atoms with Crippen molar-refractivity contribution >= 4 is 18.8 Å². The first-order valence-corrected chi connectivity index (χ1v) is 12.0. The van der Waals surface area contributed by atoms with Crippen LogP contribution in [0.25, 0.3) is 5.57 Å². The van der Waals surface area contributed by atoms with E-state index in [9.17, 15) is 0 Å². The lowest BCUT2D eigenvalue weighted by Gasteiger charge is -2.49. The summed E-state index contributed by atoms with van der Waals surface area (Å²) in [6.45, 7) is 0. The number of allylic oxidation sites excluding steroid dienone is 9. The van der Waals surface area contributed by atoms with Crippen LogP contribution in [0.3, 0.4) is 0 Å². The molecule has 2 aliphatic heterocycles. The predicted octanol–water partition coefficient (Wildman–Crippen LogP) is 4.61. The Hall–Kier alpha value is -2.32. The maximum atomic E-state index is 3.88. The second-order valence-corrected chi connectivity index (χ2v) is 11.8. The number of benzene rings is 1. The molecule has 1 spiro atoms. The maximum Gasteiger partial charge on any atom is 0.160 e. The van der Waals surface area contributed by atoms with Gasteiger partial charge in [0.15, 0.2) is 8.07 Å². The molecule has 1 saturated heterocycles. The van der Waals surface area contributed by atoms with E-state index in [0.717, 1.165) is 6.42 Å². The van der Waals surface area contributed by atoms with E-state index in [-0.39, 0.29) is 0 Å². The van der Waals surface area contributed by atoms with Crippen molar-refractivity contribution in [2.45, 2.75) is 37.3 Å². The van der Waals surface area contributed by atoms with E-state index in [1.807, 2.05) is 0 Å². The molecule has 3 atom stereocenters. The van der Waals surface area contributed by atoms with Gasteiger partial charge in [-0.2, -0.15) is 0 Å². The van der Waals surface area contributed by atoms with Crippen molar-refractivity contribution in [1.29, 1.82) is 0 Å². The lowest BCUT2D eigenvalue weighted by Crippen LogP contribution is -2.63. The van der Waals surface area contributed by atoms with E-state index >= 15 is 0 Å². The molecule has 1 aromatic rings. The minimum atomic E-state index is -2.04. The number of fused-ring (bicyclic) bond motifs is 9. The summed E-state index contributed by atoms with van der Waals surface area (Å²) in [5.41, 5.74) is 5.05. The minimum absolute atomic E-state index is 0.420. The van der Waals surface area contributed by atoms with Crippen LogP contribution < -0.4 is 10.5 Å². The molecule has 6 rings (SSSR count). The molecule has 1 aromatic carbocycles. The topological polar surface area (TPSA) is 12.0 Å². The Bertz CT molecular complexity index is 973. The number of rotatable bonds is 0. The lowest BCUT2D eigenvalue weighted by atomic mass is 10.00. The van der Waals surface area contributed by atoms with Gasteiger partial charge >= 0.3 is 0 Å². The average Bonchev–Trinajstić information content (AvgIpc) is 3.00. The van der Waals surface area contributed by atoms with Crippen molar-refractivity contribution in [2.24, 2.45) is 0 Å². The normalized spacial score (nSPS) is 33.1. The van der Waals surface area contributed by atoms with Crippen LogP contribution >= 0.6 is 0 Å². The molecular formula is C24H23NSi. The van der Waals surface area contributed by atoms with Gasteiger partial charge in [0.2, 0.25) is 0 Å². The van der Waals surface area contributed by atoms with Crippen molar-refractivity contribution in [3.63, 3.8) is 0 Å². The summed E-state index contributed by atoms with van der Waals surface area (Å²) in [4.78, 5) is 0. The van der Waals surface area contributed by atoms with E-state index in [4.69, 9.17) is 0 Å². The zero-order valence-electron chi connectivity index (χ0n) is 14.9. The molecule has 3 aliphatic carbocycles. The van der Waals surface area contributed by atoms with Crippen molar-refractivity contribution in [2.75, 3.05) is 0 Å². The lowest BCUT2D eigenvalue weighted by molar-refractivity contribution is 0.643. The van der Waals surface area contributed by atoms with Crippen molar-refractivity contribution < 1.29 is 0 Å². The summed E-state index contributed by atoms with van der Waals surface area (Å²) in [5, 5.41) is 8.87. The van der Waals surface area contributed by atoms with Gasteiger partial charge in [0.1, 0.15) is 0 Å². The molecular weight excluding hydrogens is 330 g/mol. The molecule has 2 heterocycles. The van der Waals surface area contributed by atoms with Crippen molar-refractivity contribution in [3.8, 4) is 0 Å². The highest BCUT2D eigenvalue weighted by atomic mass is 28.3. The third-order valence-corrected chi connectivity index (χ3v) is 12.2. The molecule has 3 unspecified atom stereocenters. The van der Waals surface area contributed by atoms with Gasteiger partial charge in [0, 0.05) is 17.3 Å². The van der Waals surface area contributed by atoms with E-state index < -0.39 is 8.07 Å². The highest BCUT2D eigenvalue weighted by Gasteiger charge is 2.59. The van der Waals surface area contributed by atoms with Gasteiger partial charge in [-0.15, -0.1) is 0 Å². The van der Waals surface area contributed by atoms with Crippen LogP contribution in [0.2, 0.25) is 5.54 Å². The van der Waals surface area contributed by atoms with E-state index in [1.54, 1.807) is 21.2 Å². The molecule has 0 radical (unpaired) electrons. The van der Waals surface area contributed by atoms with Gasteiger partial charge in [-0.05, 0) is 52.4 Å². The van der Waals surface area contributed by atoms with Crippen LogP contribution in [0.4, 0.5) is 0 Å². The monoisotopic (exact) mass is 353 g/mol.